The molecule has 4 rings (SSSR count). The highest BCUT2D eigenvalue weighted by molar-refractivity contribution is 5.85. The topological polar surface area (TPSA) is 69.2 Å². The van der Waals surface area contributed by atoms with Crippen molar-refractivity contribution in [3.05, 3.63) is 125 Å². The summed E-state index contributed by atoms with van der Waals surface area (Å²) < 4.78 is 17.9. The number of carbonyl (C=O) groups excluding carboxylic acids is 1. The molecule has 4 aromatic carbocycles. The van der Waals surface area contributed by atoms with Gasteiger partial charge in [-0.05, 0) is 47.9 Å². The Labute approximate surface area is 217 Å². The second-order valence-corrected chi connectivity index (χ2v) is 8.27. The van der Waals surface area contributed by atoms with Crippen LogP contribution < -0.4 is 19.6 Å². The largest absolute Gasteiger partial charge is 0.490 e. The lowest BCUT2D eigenvalue weighted by Gasteiger charge is -2.14. The third-order valence-electron chi connectivity index (χ3n) is 5.46. The zero-order chi connectivity index (χ0) is 25.7. The number of rotatable bonds is 12. The number of carbonyl (C=O) groups is 1. The van der Waals surface area contributed by atoms with E-state index in [1.807, 2.05) is 110 Å². The van der Waals surface area contributed by atoms with Crippen LogP contribution >= 0.6 is 0 Å². The SMILES string of the molecule is CCOc1cc(COc2ccccc2/C=N/NC(=O)Cc2ccccc2)ccc1OCc1ccccc1. The molecule has 0 aliphatic carbocycles. The minimum atomic E-state index is -0.182. The summed E-state index contributed by atoms with van der Waals surface area (Å²) in [4.78, 5) is 12.2. The maximum absolute atomic E-state index is 12.2. The average Bonchev–Trinajstić information content (AvgIpc) is 2.93. The smallest absolute Gasteiger partial charge is 0.244 e. The van der Waals surface area contributed by atoms with Crippen molar-refractivity contribution < 1.29 is 19.0 Å². The van der Waals surface area contributed by atoms with Gasteiger partial charge in [0.05, 0.1) is 19.2 Å². The Morgan fingerprint density at radius 1 is 0.703 bits per heavy atom. The summed E-state index contributed by atoms with van der Waals surface area (Å²) in [6.07, 6.45) is 1.86. The third kappa shape index (κ3) is 7.97. The van der Waals surface area contributed by atoms with Gasteiger partial charge >= 0.3 is 0 Å². The van der Waals surface area contributed by atoms with Gasteiger partial charge in [0.15, 0.2) is 11.5 Å². The van der Waals surface area contributed by atoms with E-state index in [0.717, 1.165) is 22.3 Å². The van der Waals surface area contributed by atoms with Gasteiger partial charge < -0.3 is 14.2 Å². The molecular weight excluding hydrogens is 464 g/mol. The molecule has 4 aromatic rings. The molecule has 0 saturated heterocycles. The van der Waals surface area contributed by atoms with Crippen molar-refractivity contribution in [2.45, 2.75) is 26.6 Å². The predicted octanol–water partition coefficient (Wildman–Crippen LogP) is 5.94. The molecule has 0 radical (unpaired) electrons. The van der Waals surface area contributed by atoms with Crippen molar-refractivity contribution in [3.8, 4) is 17.2 Å². The average molecular weight is 495 g/mol. The normalized spacial score (nSPS) is 10.7. The molecule has 6 heteroatoms. The highest BCUT2D eigenvalue weighted by Gasteiger charge is 2.09. The van der Waals surface area contributed by atoms with Gasteiger partial charge in [0.1, 0.15) is 19.0 Å². The number of amides is 1. The molecule has 0 atom stereocenters. The first-order chi connectivity index (χ1) is 18.2. The maximum Gasteiger partial charge on any atom is 0.244 e. The fourth-order valence-corrected chi connectivity index (χ4v) is 3.64. The molecule has 0 aliphatic heterocycles. The van der Waals surface area contributed by atoms with Crippen molar-refractivity contribution in [2.75, 3.05) is 6.61 Å². The monoisotopic (exact) mass is 494 g/mol. The number of para-hydroxylation sites is 1. The van der Waals surface area contributed by atoms with Crippen molar-refractivity contribution in [3.63, 3.8) is 0 Å². The van der Waals surface area contributed by atoms with Crippen LogP contribution in [0.4, 0.5) is 0 Å². The lowest BCUT2D eigenvalue weighted by Crippen LogP contribution is -2.19. The Morgan fingerprint density at radius 2 is 1.35 bits per heavy atom. The zero-order valence-corrected chi connectivity index (χ0v) is 20.8. The first kappa shape index (κ1) is 25.5. The minimum absolute atomic E-state index is 0.182. The zero-order valence-electron chi connectivity index (χ0n) is 20.8. The van der Waals surface area contributed by atoms with Crippen molar-refractivity contribution in [1.82, 2.24) is 5.43 Å². The van der Waals surface area contributed by atoms with E-state index in [9.17, 15) is 4.79 Å². The Hall–Kier alpha value is -4.58. The van der Waals surface area contributed by atoms with Crippen LogP contribution in [0.25, 0.3) is 0 Å². The van der Waals surface area contributed by atoms with Gasteiger partial charge in [0.25, 0.3) is 0 Å². The lowest BCUT2D eigenvalue weighted by molar-refractivity contribution is -0.120. The summed E-state index contributed by atoms with van der Waals surface area (Å²) in [5, 5.41) is 4.11. The molecule has 0 fully saturated rings. The van der Waals surface area contributed by atoms with Gasteiger partial charge in [-0.25, -0.2) is 5.43 Å². The number of hydrogen-bond acceptors (Lipinski definition) is 5. The highest BCUT2D eigenvalue weighted by atomic mass is 16.5. The fraction of sp³-hybridized carbons (Fsp3) is 0.161. The second kappa shape index (κ2) is 13.5. The van der Waals surface area contributed by atoms with Crippen LogP contribution in [0, 0.1) is 0 Å². The molecule has 0 spiro atoms. The van der Waals surface area contributed by atoms with Crippen LogP contribution in [0.15, 0.2) is 108 Å². The second-order valence-electron chi connectivity index (χ2n) is 8.27. The van der Waals surface area contributed by atoms with E-state index >= 15 is 0 Å². The molecule has 6 nitrogen and oxygen atoms in total. The van der Waals surface area contributed by atoms with Crippen molar-refractivity contribution in [1.29, 1.82) is 0 Å². The number of benzene rings is 4. The number of nitrogens with one attached hydrogen (secondary N) is 1. The summed E-state index contributed by atoms with van der Waals surface area (Å²) in [7, 11) is 0. The lowest BCUT2D eigenvalue weighted by atomic mass is 10.1. The van der Waals surface area contributed by atoms with Crippen molar-refractivity contribution >= 4 is 12.1 Å². The van der Waals surface area contributed by atoms with Crippen LogP contribution in [0.3, 0.4) is 0 Å². The van der Waals surface area contributed by atoms with Gasteiger partial charge in [0, 0.05) is 5.56 Å². The number of hydrogen-bond donors (Lipinski definition) is 1. The molecule has 37 heavy (non-hydrogen) atoms. The number of hydrazone groups is 1. The van der Waals surface area contributed by atoms with E-state index < -0.39 is 0 Å². The Bertz CT molecular complexity index is 1310. The van der Waals surface area contributed by atoms with Gasteiger partial charge in [-0.15, -0.1) is 0 Å². The third-order valence-corrected chi connectivity index (χ3v) is 5.46. The first-order valence-corrected chi connectivity index (χ1v) is 12.2. The molecule has 0 aromatic heterocycles. The maximum atomic E-state index is 12.2. The first-order valence-electron chi connectivity index (χ1n) is 12.2. The van der Waals surface area contributed by atoms with Crippen LogP contribution in [0.5, 0.6) is 17.2 Å². The fourth-order valence-electron chi connectivity index (χ4n) is 3.64. The van der Waals surface area contributed by atoms with E-state index in [2.05, 4.69) is 10.5 Å². The summed E-state index contributed by atoms with van der Waals surface area (Å²) in [5.41, 5.74) is 6.30. The van der Waals surface area contributed by atoms with Gasteiger partial charge in [0.2, 0.25) is 5.91 Å². The Balaban J connectivity index is 1.36. The van der Waals surface area contributed by atoms with Crippen LogP contribution in [0.1, 0.15) is 29.2 Å². The molecule has 188 valence electrons. The predicted molar refractivity (Wildman–Crippen MR) is 145 cm³/mol. The molecule has 0 bridgehead atoms. The molecule has 1 amide bonds. The minimum Gasteiger partial charge on any atom is -0.490 e. The van der Waals surface area contributed by atoms with E-state index in [0.29, 0.717) is 37.1 Å². The molecule has 1 N–H and O–H groups in total. The van der Waals surface area contributed by atoms with Crippen molar-refractivity contribution in [2.24, 2.45) is 5.10 Å². The van der Waals surface area contributed by atoms with Crippen LogP contribution in [-0.4, -0.2) is 18.7 Å². The molecule has 0 heterocycles. The molecule has 0 saturated carbocycles. The summed E-state index contributed by atoms with van der Waals surface area (Å²) >= 11 is 0. The number of ether oxygens (including phenoxy) is 3. The van der Waals surface area contributed by atoms with Crippen LogP contribution in [-0.2, 0) is 24.4 Å². The Morgan fingerprint density at radius 3 is 2.11 bits per heavy atom. The summed E-state index contributed by atoms with van der Waals surface area (Å²) in [5.74, 6) is 1.84. The van der Waals surface area contributed by atoms with Gasteiger partial charge in [-0.1, -0.05) is 78.9 Å². The Kier molecular flexibility index (Phi) is 9.30. The van der Waals surface area contributed by atoms with Gasteiger partial charge in [-0.3, -0.25) is 4.79 Å². The van der Waals surface area contributed by atoms with E-state index in [4.69, 9.17) is 14.2 Å². The highest BCUT2D eigenvalue weighted by Crippen LogP contribution is 2.30. The van der Waals surface area contributed by atoms with Crippen LogP contribution in [0.2, 0.25) is 0 Å². The standard InChI is InChI=1S/C31H30N2O4/c1-2-35-30-19-26(17-18-29(30)37-22-25-13-7-4-8-14-25)23-36-28-16-10-9-15-27(28)21-32-33-31(34)20-24-11-5-3-6-12-24/h3-19,21H,2,20,22-23H2,1H3,(H,33,34)/b32-21+. The van der Waals surface area contributed by atoms with E-state index in [1.165, 1.54) is 0 Å². The summed E-state index contributed by atoms with van der Waals surface area (Å²) in [6, 6.07) is 32.9. The molecule has 0 aliphatic rings. The quantitative estimate of drug-likeness (QED) is 0.196. The molecule has 0 unspecified atom stereocenters. The summed E-state index contributed by atoms with van der Waals surface area (Å²) in [6.45, 7) is 3.27. The van der Waals surface area contributed by atoms with E-state index in [-0.39, 0.29) is 12.3 Å². The number of nitrogens with zero attached hydrogens (tertiary/aromatic N) is 1. The van der Waals surface area contributed by atoms with E-state index in [1.54, 1.807) is 6.21 Å². The molecular formula is C31H30N2O4. The van der Waals surface area contributed by atoms with Gasteiger partial charge in [-0.2, -0.15) is 5.10 Å².